The van der Waals surface area contributed by atoms with Crippen LogP contribution in [-0.2, 0) is 10.2 Å². The number of tetrazole rings is 1. The average molecular weight is 555 g/mol. The number of anilines is 2. The first kappa shape index (κ1) is 26.7. The Kier molecular flexibility index (Phi) is 8.16. The van der Waals surface area contributed by atoms with Crippen molar-refractivity contribution in [2.24, 2.45) is 0 Å². The molecule has 0 spiro atoms. The van der Waals surface area contributed by atoms with E-state index in [0.717, 1.165) is 5.56 Å². The Morgan fingerprint density at radius 3 is 2.38 bits per heavy atom. The number of halogens is 2. The van der Waals surface area contributed by atoms with Gasteiger partial charge < -0.3 is 10.6 Å². The molecule has 1 aromatic heterocycles. The van der Waals surface area contributed by atoms with Gasteiger partial charge in [-0.2, -0.15) is 4.68 Å². The second-order valence-corrected chi connectivity index (χ2v) is 10.9. The summed E-state index contributed by atoms with van der Waals surface area (Å²) in [5.41, 5.74) is 3.13. The molecule has 8 nitrogen and oxygen atoms in total. The maximum atomic E-state index is 12.6. The standard InChI is InChI=1S/C26H24Cl2N6O2S/c1-26(2,3)17-9-12-22(20(28)13-17)34-25(31-32-33-34)37-15-23(35)30-21-11-10-18(14-19(21)27)29-24(36)16-7-5-4-6-8-16/h4-14H,15H2,1-3H3,(H,29,36)(H,30,35). The lowest BCUT2D eigenvalue weighted by molar-refractivity contribution is -0.113. The van der Waals surface area contributed by atoms with E-state index in [9.17, 15) is 9.59 Å². The summed E-state index contributed by atoms with van der Waals surface area (Å²) in [6.07, 6.45) is 0. The molecule has 0 unspecified atom stereocenters. The van der Waals surface area contributed by atoms with E-state index in [1.54, 1.807) is 42.5 Å². The summed E-state index contributed by atoms with van der Waals surface area (Å²) in [5.74, 6) is -0.506. The Morgan fingerprint density at radius 2 is 1.70 bits per heavy atom. The minimum atomic E-state index is -0.295. The van der Waals surface area contributed by atoms with Crippen LogP contribution in [0.3, 0.4) is 0 Å². The van der Waals surface area contributed by atoms with Crippen LogP contribution in [0.1, 0.15) is 36.7 Å². The van der Waals surface area contributed by atoms with E-state index in [0.29, 0.717) is 37.8 Å². The van der Waals surface area contributed by atoms with E-state index in [1.807, 2.05) is 24.3 Å². The molecule has 2 N–H and O–H groups in total. The number of amides is 2. The summed E-state index contributed by atoms with van der Waals surface area (Å²) < 4.78 is 1.50. The molecule has 190 valence electrons. The van der Waals surface area contributed by atoms with Crippen molar-refractivity contribution < 1.29 is 9.59 Å². The van der Waals surface area contributed by atoms with Gasteiger partial charge in [-0.15, -0.1) is 5.10 Å². The van der Waals surface area contributed by atoms with E-state index in [1.165, 1.54) is 16.4 Å². The average Bonchev–Trinajstić information content (AvgIpc) is 3.32. The van der Waals surface area contributed by atoms with Gasteiger partial charge in [-0.25, -0.2) is 0 Å². The number of benzene rings is 3. The highest BCUT2D eigenvalue weighted by atomic mass is 35.5. The van der Waals surface area contributed by atoms with E-state index >= 15 is 0 Å². The molecule has 3 aromatic carbocycles. The van der Waals surface area contributed by atoms with Gasteiger partial charge >= 0.3 is 0 Å². The van der Waals surface area contributed by atoms with E-state index in [2.05, 4.69) is 46.9 Å². The largest absolute Gasteiger partial charge is 0.324 e. The third-order valence-corrected chi connectivity index (χ3v) is 6.89. The Bertz CT molecular complexity index is 1440. The topological polar surface area (TPSA) is 102 Å². The highest BCUT2D eigenvalue weighted by Crippen LogP contribution is 2.31. The van der Waals surface area contributed by atoms with Gasteiger partial charge in [-0.1, -0.05) is 80.0 Å². The van der Waals surface area contributed by atoms with Crippen molar-refractivity contribution in [3.63, 3.8) is 0 Å². The summed E-state index contributed by atoms with van der Waals surface area (Å²) in [4.78, 5) is 25.0. The first-order valence-electron chi connectivity index (χ1n) is 11.3. The molecule has 0 saturated carbocycles. The minimum absolute atomic E-state index is 0.0426. The van der Waals surface area contributed by atoms with Crippen molar-refractivity contribution in [2.75, 3.05) is 16.4 Å². The molecular formula is C26H24Cl2N6O2S. The van der Waals surface area contributed by atoms with E-state index < -0.39 is 0 Å². The fourth-order valence-electron chi connectivity index (χ4n) is 3.37. The van der Waals surface area contributed by atoms with Crippen LogP contribution in [0.5, 0.6) is 0 Å². The number of nitrogens with one attached hydrogen (secondary N) is 2. The number of thioether (sulfide) groups is 1. The third-order valence-electron chi connectivity index (χ3n) is 5.35. The van der Waals surface area contributed by atoms with Crippen molar-refractivity contribution in [1.29, 1.82) is 0 Å². The van der Waals surface area contributed by atoms with Crippen LogP contribution in [0, 0.1) is 0 Å². The van der Waals surface area contributed by atoms with Crippen LogP contribution in [0.25, 0.3) is 5.69 Å². The normalized spacial score (nSPS) is 11.3. The zero-order valence-electron chi connectivity index (χ0n) is 20.3. The molecule has 0 aliphatic carbocycles. The van der Waals surface area contributed by atoms with Gasteiger partial charge in [0, 0.05) is 11.3 Å². The molecule has 4 rings (SSSR count). The fraction of sp³-hybridized carbons (Fsp3) is 0.192. The number of hydrogen-bond acceptors (Lipinski definition) is 6. The van der Waals surface area contributed by atoms with Crippen LogP contribution in [0.4, 0.5) is 11.4 Å². The molecule has 0 fully saturated rings. The van der Waals surface area contributed by atoms with Crippen molar-refractivity contribution >= 4 is 58.2 Å². The van der Waals surface area contributed by atoms with E-state index in [-0.39, 0.29) is 23.0 Å². The molecule has 11 heteroatoms. The summed E-state index contributed by atoms with van der Waals surface area (Å²) in [6.45, 7) is 6.32. The second kappa shape index (κ2) is 11.3. The Labute approximate surface area is 228 Å². The quantitative estimate of drug-likeness (QED) is 0.262. The molecule has 0 aliphatic heterocycles. The molecule has 0 aliphatic rings. The SMILES string of the molecule is CC(C)(C)c1ccc(-n2nnnc2SCC(=O)Nc2ccc(NC(=O)c3ccccc3)cc2Cl)c(Cl)c1. The lowest BCUT2D eigenvalue weighted by Crippen LogP contribution is -2.15. The van der Waals surface area contributed by atoms with Gasteiger partial charge in [0.25, 0.3) is 5.91 Å². The molecule has 0 atom stereocenters. The monoisotopic (exact) mass is 554 g/mol. The van der Waals surface area contributed by atoms with Crippen LogP contribution < -0.4 is 10.6 Å². The second-order valence-electron chi connectivity index (χ2n) is 9.14. The van der Waals surface area contributed by atoms with Gasteiger partial charge in [-0.3, -0.25) is 9.59 Å². The van der Waals surface area contributed by atoms with Crippen LogP contribution in [-0.4, -0.2) is 37.8 Å². The predicted octanol–water partition coefficient (Wildman–Crippen LogP) is 6.25. The molecule has 0 radical (unpaired) electrons. The van der Waals surface area contributed by atoms with Crippen molar-refractivity contribution in [1.82, 2.24) is 20.2 Å². The zero-order valence-corrected chi connectivity index (χ0v) is 22.7. The maximum Gasteiger partial charge on any atom is 0.255 e. The van der Waals surface area contributed by atoms with Gasteiger partial charge in [0.1, 0.15) is 0 Å². The first-order valence-corrected chi connectivity index (χ1v) is 13.0. The lowest BCUT2D eigenvalue weighted by Gasteiger charge is -2.20. The van der Waals surface area contributed by atoms with Crippen molar-refractivity contribution in [2.45, 2.75) is 31.3 Å². The molecular weight excluding hydrogens is 531 g/mol. The van der Waals surface area contributed by atoms with Crippen molar-refractivity contribution in [3.8, 4) is 5.69 Å². The summed E-state index contributed by atoms with van der Waals surface area (Å²) >= 11 is 14.0. The van der Waals surface area contributed by atoms with Gasteiger partial charge in [0.2, 0.25) is 11.1 Å². The smallest absolute Gasteiger partial charge is 0.255 e. The number of carbonyl (C=O) groups excluding carboxylic acids is 2. The molecule has 4 aromatic rings. The summed E-state index contributed by atoms with van der Waals surface area (Å²) in [5, 5.41) is 18.6. The van der Waals surface area contributed by atoms with Gasteiger partial charge in [0.15, 0.2) is 0 Å². The Morgan fingerprint density at radius 1 is 0.946 bits per heavy atom. The number of nitrogens with zero attached hydrogens (tertiary/aromatic N) is 4. The Hall–Kier alpha value is -3.40. The van der Waals surface area contributed by atoms with Crippen molar-refractivity contribution in [3.05, 3.63) is 87.9 Å². The van der Waals surface area contributed by atoms with Crippen LogP contribution in [0.2, 0.25) is 10.0 Å². The van der Waals surface area contributed by atoms with Gasteiger partial charge in [0.05, 0.1) is 27.2 Å². The Balaban J connectivity index is 1.38. The number of carbonyl (C=O) groups is 2. The third kappa shape index (κ3) is 6.68. The van der Waals surface area contributed by atoms with Gasteiger partial charge in [-0.05, 0) is 63.9 Å². The summed E-state index contributed by atoms with van der Waals surface area (Å²) in [7, 11) is 0. The zero-order chi connectivity index (χ0) is 26.6. The lowest BCUT2D eigenvalue weighted by atomic mass is 9.87. The maximum absolute atomic E-state index is 12.6. The molecule has 2 amide bonds. The minimum Gasteiger partial charge on any atom is -0.324 e. The van der Waals surface area contributed by atoms with Crippen LogP contribution >= 0.6 is 35.0 Å². The molecule has 0 saturated heterocycles. The molecule has 37 heavy (non-hydrogen) atoms. The first-order chi connectivity index (χ1) is 17.6. The highest BCUT2D eigenvalue weighted by molar-refractivity contribution is 7.99. The molecule has 1 heterocycles. The number of hydrogen-bond donors (Lipinski definition) is 2. The van der Waals surface area contributed by atoms with Crippen LogP contribution in [0.15, 0.2) is 71.9 Å². The summed E-state index contributed by atoms with van der Waals surface area (Å²) in [6, 6.07) is 19.5. The highest BCUT2D eigenvalue weighted by Gasteiger charge is 2.19. The predicted molar refractivity (Wildman–Crippen MR) is 148 cm³/mol. The number of aromatic nitrogens is 4. The molecule has 0 bridgehead atoms. The fourth-order valence-corrected chi connectivity index (χ4v) is 4.54. The number of rotatable bonds is 7. The van der Waals surface area contributed by atoms with E-state index in [4.69, 9.17) is 23.2 Å².